The topological polar surface area (TPSA) is 75.7 Å². The molecule has 21 heavy (non-hydrogen) atoms. The highest BCUT2D eigenvalue weighted by Gasteiger charge is 2.29. The highest BCUT2D eigenvalue weighted by atomic mass is 32.2. The van der Waals surface area contributed by atoms with Crippen LogP contribution in [0.2, 0.25) is 0 Å². The Morgan fingerprint density at radius 1 is 1.38 bits per heavy atom. The third-order valence-electron chi connectivity index (χ3n) is 2.90. The number of hydrogen-bond acceptors (Lipinski definition) is 5. The molecule has 0 saturated carbocycles. The number of para-hydroxylation sites is 1. The van der Waals surface area contributed by atoms with Gasteiger partial charge in [-0.2, -0.15) is 0 Å². The van der Waals surface area contributed by atoms with Crippen molar-refractivity contribution >= 4 is 28.8 Å². The zero-order chi connectivity index (χ0) is 15.2. The molecule has 1 heterocycles. The molecular formula is C14H16N2O4S. The Bertz CT molecular complexity index is 519. The molecule has 1 aromatic rings. The van der Waals surface area contributed by atoms with Gasteiger partial charge in [0.25, 0.3) is 11.1 Å². The van der Waals surface area contributed by atoms with Gasteiger partial charge in [0.15, 0.2) is 6.10 Å². The van der Waals surface area contributed by atoms with Crippen LogP contribution in [0.15, 0.2) is 30.3 Å². The molecule has 6 nitrogen and oxygen atoms in total. The van der Waals surface area contributed by atoms with Gasteiger partial charge >= 0.3 is 0 Å². The summed E-state index contributed by atoms with van der Waals surface area (Å²) >= 11 is 0.980. The Morgan fingerprint density at radius 3 is 2.71 bits per heavy atom. The Hall–Kier alpha value is -2.02. The molecule has 1 fully saturated rings. The number of carbonyl (C=O) groups is 3. The van der Waals surface area contributed by atoms with Gasteiger partial charge in [-0.25, -0.2) is 0 Å². The largest absolute Gasteiger partial charge is 0.481 e. The molecule has 1 aliphatic rings. The Balaban J connectivity index is 1.74. The Labute approximate surface area is 126 Å². The van der Waals surface area contributed by atoms with Gasteiger partial charge in [-0.15, -0.1) is 0 Å². The lowest BCUT2D eigenvalue weighted by molar-refractivity contribution is -0.128. The number of carbonyl (C=O) groups excluding carboxylic acids is 3. The fourth-order valence-corrected chi connectivity index (χ4v) is 2.54. The van der Waals surface area contributed by atoms with Gasteiger partial charge in [0.05, 0.1) is 5.75 Å². The second-order valence-corrected chi connectivity index (χ2v) is 5.39. The SMILES string of the molecule is C[C@@H](Oc1ccccc1)C(=O)NCCN1C(=O)CSC1=O. The van der Waals surface area contributed by atoms with E-state index >= 15 is 0 Å². The predicted octanol–water partition coefficient (Wildman–Crippen LogP) is 1.27. The quantitative estimate of drug-likeness (QED) is 0.856. The third-order valence-corrected chi connectivity index (χ3v) is 3.76. The van der Waals surface area contributed by atoms with Gasteiger partial charge in [-0.1, -0.05) is 30.0 Å². The van der Waals surface area contributed by atoms with E-state index in [4.69, 9.17) is 4.74 Å². The fourth-order valence-electron chi connectivity index (χ4n) is 1.79. The van der Waals surface area contributed by atoms with Crippen molar-refractivity contribution < 1.29 is 19.1 Å². The van der Waals surface area contributed by atoms with E-state index in [2.05, 4.69) is 5.32 Å². The van der Waals surface area contributed by atoms with E-state index in [1.807, 2.05) is 18.2 Å². The van der Waals surface area contributed by atoms with Crippen molar-refractivity contribution in [1.82, 2.24) is 10.2 Å². The Kier molecular flexibility index (Phi) is 5.21. The van der Waals surface area contributed by atoms with Crippen LogP contribution in [0.1, 0.15) is 6.92 Å². The van der Waals surface area contributed by atoms with E-state index in [9.17, 15) is 14.4 Å². The highest BCUT2D eigenvalue weighted by molar-refractivity contribution is 8.14. The molecule has 0 aromatic heterocycles. The number of hydrogen-bond donors (Lipinski definition) is 1. The van der Waals surface area contributed by atoms with Crippen LogP contribution in [0.5, 0.6) is 5.75 Å². The summed E-state index contributed by atoms with van der Waals surface area (Å²) in [5.74, 6) is 0.292. The molecule has 2 rings (SSSR count). The van der Waals surface area contributed by atoms with Gasteiger partial charge in [0, 0.05) is 13.1 Å². The normalized spacial score (nSPS) is 16.0. The van der Waals surface area contributed by atoms with Gasteiger partial charge < -0.3 is 10.1 Å². The molecular weight excluding hydrogens is 292 g/mol. The van der Waals surface area contributed by atoms with Crippen molar-refractivity contribution in [3.63, 3.8) is 0 Å². The molecule has 1 atom stereocenters. The molecule has 0 radical (unpaired) electrons. The van der Waals surface area contributed by atoms with Crippen LogP contribution < -0.4 is 10.1 Å². The minimum atomic E-state index is -0.647. The minimum absolute atomic E-state index is 0.181. The monoisotopic (exact) mass is 308 g/mol. The average Bonchev–Trinajstić information content (AvgIpc) is 2.80. The second kappa shape index (κ2) is 7.12. The maximum Gasteiger partial charge on any atom is 0.288 e. The predicted molar refractivity (Wildman–Crippen MR) is 79.1 cm³/mol. The van der Waals surface area contributed by atoms with Crippen molar-refractivity contribution in [3.8, 4) is 5.75 Å². The van der Waals surface area contributed by atoms with Crippen LogP contribution in [-0.4, -0.2) is 46.9 Å². The summed E-state index contributed by atoms with van der Waals surface area (Å²) in [5.41, 5.74) is 0. The van der Waals surface area contributed by atoms with Gasteiger partial charge in [-0.3, -0.25) is 19.3 Å². The van der Waals surface area contributed by atoms with E-state index in [-0.39, 0.29) is 35.9 Å². The van der Waals surface area contributed by atoms with Crippen molar-refractivity contribution in [3.05, 3.63) is 30.3 Å². The van der Waals surface area contributed by atoms with Crippen LogP contribution >= 0.6 is 11.8 Å². The lowest BCUT2D eigenvalue weighted by Gasteiger charge is -2.16. The first-order chi connectivity index (χ1) is 10.1. The summed E-state index contributed by atoms with van der Waals surface area (Å²) in [4.78, 5) is 35.7. The number of amides is 3. The summed E-state index contributed by atoms with van der Waals surface area (Å²) in [7, 11) is 0. The van der Waals surface area contributed by atoms with Crippen molar-refractivity contribution in [1.29, 1.82) is 0 Å². The minimum Gasteiger partial charge on any atom is -0.481 e. The van der Waals surface area contributed by atoms with E-state index in [0.717, 1.165) is 16.7 Å². The van der Waals surface area contributed by atoms with E-state index in [1.54, 1.807) is 19.1 Å². The molecule has 0 unspecified atom stereocenters. The average molecular weight is 308 g/mol. The number of rotatable bonds is 6. The van der Waals surface area contributed by atoms with Gasteiger partial charge in [-0.05, 0) is 19.1 Å². The molecule has 0 spiro atoms. The van der Waals surface area contributed by atoms with Crippen LogP contribution in [-0.2, 0) is 9.59 Å². The second-order valence-electron chi connectivity index (χ2n) is 4.46. The standard InChI is InChI=1S/C14H16N2O4S/c1-10(20-11-5-3-2-4-6-11)13(18)15-7-8-16-12(17)9-21-14(16)19/h2-6,10H,7-9H2,1H3,(H,15,18)/t10-/m1/s1. The van der Waals surface area contributed by atoms with Crippen LogP contribution in [0, 0.1) is 0 Å². The number of benzene rings is 1. The van der Waals surface area contributed by atoms with Crippen LogP contribution in [0.25, 0.3) is 0 Å². The summed E-state index contributed by atoms with van der Waals surface area (Å²) in [6.07, 6.45) is -0.647. The van der Waals surface area contributed by atoms with Crippen molar-refractivity contribution in [2.75, 3.05) is 18.8 Å². The maximum absolute atomic E-state index is 11.9. The zero-order valence-electron chi connectivity index (χ0n) is 11.6. The molecule has 0 aliphatic carbocycles. The maximum atomic E-state index is 11.9. The zero-order valence-corrected chi connectivity index (χ0v) is 12.4. The molecule has 3 amide bonds. The summed E-state index contributed by atoms with van der Waals surface area (Å²) < 4.78 is 5.48. The first-order valence-corrected chi connectivity index (χ1v) is 7.53. The number of nitrogens with one attached hydrogen (secondary N) is 1. The number of imide groups is 1. The van der Waals surface area contributed by atoms with Gasteiger partial charge in [0.1, 0.15) is 5.75 Å². The molecule has 0 bridgehead atoms. The molecule has 1 aromatic carbocycles. The van der Waals surface area contributed by atoms with Crippen molar-refractivity contribution in [2.45, 2.75) is 13.0 Å². The third kappa shape index (κ3) is 4.22. The van der Waals surface area contributed by atoms with E-state index < -0.39 is 6.10 Å². The van der Waals surface area contributed by atoms with Crippen LogP contribution in [0.3, 0.4) is 0 Å². The summed E-state index contributed by atoms with van der Waals surface area (Å²) in [5, 5.41) is 2.39. The molecule has 1 N–H and O–H groups in total. The molecule has 7 heteroatoms. The fraction of sp³-hybridized carbons (Fsp3) is 0.357. The number of ether oxygens (including phenoxy) is 1. The lowest BCUT2D eigenvalue weighted by atomic mass is 10.3. The highest BCUT2D eigenvalue weighted by Crippen LogP contribution is 2.17. The molecule has 1 aliphatic heterocycles. The number of nitrogens with zero attached hydrogens (tertiary/aromatic N) is 1. The summed E-state index contributed by atoms with van der Waals surface area (Å²) in [6.45, 7) is 2.05. The van der Waals surface area contributed by atoms with Crippen molar-refractivity contribution in [2.24, 2.45) is 0 Å². The first-order valence-electron chi connectivity index (χ1n) is 6.54. The smallest absolute Gasteiger partial charge is 0.288 e. The Morgan fingerprint density at radius 2 is 2.10 bits per heavy atom. The molecule has 112 valence electrons. The van der Waals surface area contributed by atoms with Crippen LogP contribution in [0.4, 0.5) is 4.79 Å². The first kappa shape index (κ1) is 15.4. The van der Waals surface area contributed by atoms with Gasteiger partial charge in [0.2, 0.25) is 5.91 Å². The lowest BCUT2D eigenvalue weighted by Crippen LogP contribution is -2.42. The van der Waals surface area contributed by atoms with E-state index in [1.165, 1.54) is 0 Å². The molecule has 1 saturated heterocycles. The summed E-state index contributed by atoms with van der Waals surface area (Å²) in [6, 6.07) is 9.04. The van der Waals surface area contributed by atoms with E-state index in [0.29, 0.717) is 5.75 Å². The number of thioether (sulfide) groups is 1.